The third-order valence-corrected chi connectivity index (χ3v) is 3.58. The van der Waals surface area contributed by atoms with Gasteiger partial charge in [0.15, 0.2) is 0 Å². The Morgan fingerprint density at radius 3 is 2.75 bits per heavy atom. The lowest BCUT2D eigenvalue weighted by molar-refractivity contribution is 0.134. The SMILES string of the molecule is CCCCNC(=O)N1CCN(Cc2ccccn2)CC1. The normalized spacial score (nSPS) is 16.1. The summed E-state index contributed by atoms with van der Waals surface area (Å²) in [4.78, 5) is 20.5. The molecule has 0 atom stereocenters. The average Bonchev–Trinajstić information content (AvgIpc) is 2.49. The quantitative estimate of drug-likeness (QED) is 0.833. The Morgan fingerprint density at radius 1 is 1.30 bits per heavy atom. The van der Waals surface area contributed by atoms with Crippen molar-refractivity contribution in [1.29, 1.82) is 0 Å². The van der Waals surface area contributed by atoms with Gasteiger partial charge in [-0.25, -0.2) is 4.79 Å². The molecular weight excluding hydrogens is 252 g/mol. The van der Waals surface area contributed by atoms with Crippen molar-refractivity contribution in [2.24, 2.45) is 0 Å². The maximum absolute atomic E-state index is 11.9. The fourth-order valence-electron chi connectivity index (χ4n) is 2.31. The number of rotatable bonds is 5. The highest BCUT2D eigenvalue weighted by Gasteiger charge is 2.20. The summed E-state index contributed by atoms with van der Waals surface area (Å²) in [5.74, 6) is 0. The van der Waals surface area contributed by atoms with Crippen LogP contribution >= 0.6 is 0 Å². The molecule has 0 radical (unpaired) electrons. The summed E-state index contributed by atoms with van der Waals surface area (Å²) in [6.45, 7) is 7.20. The summed E-state index contributed by atoms with van der Waals surface area (Å²) >= 11 is 0. The number of unbranched alkanes of at least 4 members (excludes halogenated alkanes) is 1. The number of aromatic nitrogens is 1. The standard InChI is InChI=1S/C15H24N4O/c1-2-3-7-17-15(20)19-11-9-18(10-12-19)13-14-6-4-5-8-16-14/h4-6,8H,2-3,7,9-13H2,1H3,(H,17,20). The molecule has 1 saturated heterocycles. The number of carbonyl (C=O) groups is 1. The monoisotopic (exact) mass is 276 g/mol. The Morgan fingerprint density at radius 2 is 2.10 bits per heavy atom. The van der Waals surface area contributed by atoms with Crippen LogP contribution in [-0.4, -0.2) is 53.5 Å². The highest BCUT2D eigenvalue weighted by atomic mass is 16.2. The lowest BCUT2D eigenvalue weighted by Crippen LogP contribution is -2.51. The van der Waals surface area contributed by atoms with Crippen LogP contribution < -0.4 is 5.32 Å². The molecule has 0 aliphatic carbocycles. The van der Waals surface area contributed by atoms with E-state index < -0.39 is 0 Å². The van der Waals surface area contributed by atoms with E-state index in [0.717, 1.165) is 57.8 Å². The number of pyridine rings is 1. The van der Waals surface area contributed by atoms with Crippen LogP contribution in [0.5, 0.6) is 0 Å². The molecule has 0 bridgehead atoms. The van der Waals surface area contributed by atoms with Crippen molar-refractivity contribution >= 4 is 6.03 Å². The molecule has 5 nitrogen and oxygen atoms in total. The Labute approximate surface area is 121 Å². The van der Waals surface area contributed by atoms with Gasteiger partial charge in [-0.2, -0.15) is 0 Å². The van der Waals surface area contributed by atoms with Crippen LogP contribution in [-0.2, 0) is 6.54 Å². The van der Waals surface area contributed by atoms with E-state index in [1.165, 1.54) is 0 Å². The van der Waals surface area contributed by atoms with E-state index in [-0.39, 0.29) is 6.03 Å². The van der Waals surface area contributed by atoms with Gasteiger partial charge < -0.3 is 10.2 Å². The molecule has 1 N–H and O–H groups in total. The highest BCUT2D eigenvalue weighted by molar-refractivity contribution is 5.74. The maximum Gasteiger partial charge on any atom is 0.317 e. The van der Waals surface area contributed by atoms with Gasteiger partial charge in [-0.1, -0.05) is 19.4 Å². The molecule has 2 heterocycles. The number of nitrogens with zero attached hydrogens (tertiary/aromatic N) is 3. The predicted molar refractivity (Wildman–Crippen MR) is 79.4 cm³/mol. The molecule has 0 aromatic carbocycles. The zero-order chi connectivity index (χ0) is 14.2. The van der Waals surface area contributed by atoms with Gasteiger partial charge >= 0.3 is 6.03 Å². The van der Waals surface area contributed by atoms with Crippen LogP contribution in [0.4, 0.5) is 4.79 Å². The molecule has 2 amide bonds. The van der Waals surface area contributed by atoms with E-state index in [2.05, 4.69) is 22.1 Å². The second kappa shape index (κ2) is 7.85. The molecule has 1 aromatic rings. The van der Waals surface area contributed by atoms with Gasteiger partial charge in [0.25, 0.3) is 0 Å². The van der Waals surface area contributed by atoms with Crippen LogP contribution in [0, 0.1) is 0 Å². The third-order valence-electron chi connectivity index (χ3n) is 3.58. The van der Waals surface area contributed by atoms with E-state index in [0.29, 0.717) is 0 Å². The van der Waals surface area contributed by atoms with Crippen molar-refractivity contribution in [3.63, 3.8) is 0 Å². The fourth-order valence-corrected chi connectivity index (χ4v) is 2.31. The topological polar surface area (TPSA) is 48.5 Å². The summed E-state index contributed by atoms with van der Waals surface area (Å²) in [6.07, 6.45) is 3.98. The minimum atomic E-state index is 0.0796. The van der Waals surface area contributed by atoms with E-state index in [9.17, 15) is 4.79 Å². The number of urea groups is 1. The molecule has 0 unspecified atom stereocenters. The summed E-state index contributed by atoms with van der Waals surface area (Å²) < 4.78 is 0. The number of nitrogens with one attached hydrogen (secondary N) is 1. The molecule has 0 saturated carbocycles. The first-order valence-corrected chi connectivity index (χ1v) is 7.44. The number of piperazine rings is 1. The lowest BCUT2D eigenvalue weighted by atomic mass is 10.3. The van der Waals surface area contributed by atoms with Crippen molar-refractivity contribution in [3.8, 4) is 0 Å². The Bertz CT molecular complexity index is 402. The molecule has 1 aliphatic rings. The zero-order valence-electron chi connectivity index (χ0n) is 12.2. The highest BCUT2D eigenvalue weighted by Crippen LogP contribution is 2.06. The minimum Gasteiger partial charge on any atom is -0.338 e. The van der Waals surface area contributed by atoms with Crippen LogP contribution in [0.1, 0.15) is 25.5 Å². The molecule has 1 fully saturated rings. The van der Waals surface area contributed by atoms with Crippen molar-refractivity contribution < 1.29 is 4.79 Å². The molecule has 5 heteroatoms. The number of carbonyl (C=O) groups excluding carboxylic acids is 1. The summed E-state index contributed by atoms with van der Waals surface area (Å²) in [6, 6.07) is 6.07. The van der Waals surface area contributed by atoms with E-state index in [4.69, 9.17) is 0 Å². The van der Waals surface area contributed by atoms with Gasteiger partial charge in [-0.05, 0) is 18.6 Å². The molecule has 1 aliphatic heterocycles. The molecule has 0 spiro atoms. The summed E-state index contributed by atoms with van der Waals surface area (Å²) in [5, 5.41) is 2.97. The Hall–Kier alpha value is -1.62. The van der Waals surface area contributed by atoms with E-state index >= 15 is 0 Å². The maximum atomic E-state index is 11.9. The van der Waals surface area contributed by atoms with Crippen molar-refractivity contribution in [2.45, 2.75) is 26.3 Å². The van der Waals surface area contributed by atoms with Crippen molar-refractivity contribution in [2.75, 3.05) is 32.7 Å². The molecular formula is C15H24N4O. The second-order valence-corrected chi connectivity index (χ2v) is 5.17. The van der Waals surface area contributed by atoms with E-state index in [1.807, 2.05) is 29.3 Å². The van der Waals surface area contributed by atoms with Gasteiger partial charge in [-0.15, -0.1) is 0 Å². The summed E-state index contributed by atoms with van der Waals surface area (Å²) in [7, 11) is 0. The minimum absolute atomic E-state index is 0.0796. The van der Waals surface area contributed by atoms with Gasteiger partial charge in [-0.3, -0.25) is 9.88 Å². The first-order valence-electron chi connectivity index (χ1n) is 7.44. The Kier molecular flexibility index (Phi) is 5.80. The van der Waals surface area contributed by atoms with Gasteiger partial charge in [0.05, 0.1) is 5.69 Å². The number of hydrogen-bond acceptors (Lipinski definition) is 3. The smallest absolute Gasteiger partial charge is 0.317 e. The molecule has 20 heavy (non-hydrogen) atoms. The van der Waals surface area contributed by atoms with Gasteiger partial charge in [0, 0.05) is 45.5 Å². The fraction of sp³-hybridized carbons (Fsp3) is 0.600. The first-order chi connectivity index (χ1) is 9.79. The van der Waals surface area contributed by atoms with Crippen LogP contribution in [0.15, 0.2) is 24.4 Å². The number of amides is 2. The number of hydrogen-bond donors (Lipinski definition) is 1. The largest absolute Gasteiger partial charge is 0.338 e. The third kappa shape index (κ3) is 4.49. The Balaban J connectivity index is 1.71. The first kappa shape index (κ1) is 14.8. The lowest BCUT2D eigenvalue weighted by Gasteiger charge is -2.34. The van der Waals surface area contributed by atoms with Gasteiger partial charge in [0.1, 0.15) is 0 Å². The second-order valence-electron chi connectivity index (χ2n) is 5.17. The van der Waals surface area contributed by atoms with Crippen LogP contribution in [0.25, 0.3) is 0 Å². The molecule has 1 aromatic heterocycles. The zero-order valence-corrected chi connectivity index (χ0v) is 12.2. The van der Waals surface area contributed by atoms with Crippen LogP contribution in [0.2, 0.25) is 0 Å². The van der Waals surface area contributed by atoms with Gasteiger partial charge in [0.2, 0.25) is 0 Å². The van der Waals surface area contributed by atoms with Crippen molar-refractivity contribution in [3.05, 3.63) is 30.1 Å². The van der Waals surface area contributed by atoms with Crippen LogP contribution in [0.3, 0.4) is 0 Å². The molecule has 110 valence electrons. The average molecular weight is 276 g/mol. The van der Waals surface area contributed by atoms with Crippen molar-refractivity contribution in [1.82, 2.24) is 20.1 Å². The summed E-state index contributed by atoms with van der Waals surface area (Å²) in [5.41, 5.74) is 1.09. The predicted octanol–water partition coefficient (Wildman–Crippen LogP) is 1.71. The van der Waals surface area contributed by atoms with E-state index in [1.54, 1.807) is 0 Å². The molecule has 2 rings (SSSR count).